The van der Waals surface area contributed by atoms with Crippen molar-refractivity contribution in [2.45, 2.75) is 58.2 Å². The number of anilines is 1. The van der Waals surface area contributed by atoms with Crippen LogP contribution < -0.4 is 10.6 Å². The van der Waals surface area contributed by atoms with Crippen molar-refractivity contribution in [2.75, 3.05) is 31.6 Å². The summed E-state index contributed by atoms with van der Waals surface area (Å²) in [5.74, 6) is 1.28. The summed E-state index contributed by atoms with van der Waals surface area (Å²) in [5.41, 5.74) is -0.0751. The van der Waals surface area contributed by atoms with Crippen LogP contribution in [-0.4, -0.2) is 53.5 Å². The summed E-state index contributed by atoms with van der Waals surface area (Å²) in [5, 5.41) is 26.0. The van der Waals surface area contributed by atoms with E-state index in [1.807, 2.05) is 13.0 Å². The van der Waals surface area contributed by atoms with Gasteiger partial charge in [-0.15, -0.1) is 0 Å². The number of allylic oxidation sites excluding steroid dienone is 1. The molecule has 1 aromatic rings. The van der Waals surface area contributed by atoms with Crippen LogP contribution in [0.5, 0.6) is 0 Å². The smallest absolute Gasteiger partial charge is 0.287 e. The molecule has 34 heavy (non-hydrogen) atoms. The zero-order chi connectivity index (χ0) is 24.3. The average molecular weight is 477 g/mol. The van der Waals surface area contributed by atoms with Gasteiger partial charge in [0, 0.05) is 38.3 Å². The Bertz CT molecular complexity index is 825. The van der Waals surface area contributed by atoms with Crippen LogP contribution in [0.25, 0.3) is 0 Å². The molecule has 1 aliphatic carbocycles. The lowest BCUT2D eigenvalue weighted by molar-refractivity contribution is -0.385. The number of nitro groups is 1. The van der Waals surface area contributed by atoms with Gasteiger partial charge in [-0.3, -0.25) is 14.9 Å². The molecule has 1 amide bonds. The molecule has 1 fully saturated rings. The third-order valence-corrected chi connectivity index (χ3v) is 6.55. The van der Waals surface area contributed by atoms with Crippen LogP contribution in [0, 0.1) is 27.9 Å². The highest BCUT2D eigenvalue weighted by Crippen LogP contribution is 2.42. The highest BCUT2D eigenvalue weighted by atomic mass is 16.7. The molecule has 3 N–H and O–H groups in total. The average Bonchev–Trinajstić information content (AvgIpc) is 2.86. The van der Waals surface area contributed by atoms with Gasteiger partial charge in [0.15, 0.2) is 5.76 Å². The highest BCUT2D eigenvalue weighted by molar-refractivity contribution is 5.91. The van der Waals surface area contributed by atoms with Gasteiger partial charge in [-0.05, 0) is 56.6 Å². The monoisotopic (exact) mass is 476 g/mol. The maximum Gasteiger partial charge on any atom is 0.287 e. The van der Waals surface area contributed by atoms with Crippen LogP contribution in [0.1, 0.15) is 51.9 Å². The summed E-state index contributed by atoms with van der Waals surface area (Å²) in [4.78, 5) is 27.1. The van der Waals surface area contributed by atoms with Crippen LogP contribution in [0.2, 0.25) is 0 Å². The predicted octanol–water partition coefficient (Wildman–Crippen LogP) is 3.38. The number of ether oxygens (including phenoxy) is 2. The SMILES string of the molecule is CCO[C@H]1OC(C(=O)NCCNc2ccc([N+](=O)[O-])cn2)=C[C@@H](C2CCCCC2)[C@@H]1CCCO. The summed E-state index contributed by atoms with van der Waals surface area (Å²) < 4.78 is 11.9. The zero-order valence-electron chi connectivity index (χ0n) is 19.8. The number of carbonyl (C=O) groups is 1. The molecule has 0 aromatic carbocycles. The molecule has 0 saturated heterocycles. The first-order valence-corrected chi connectivity index (χ1v) is 12.3. The molecule has 0 unspecified atom stereocenters. The summed E-state index contributed by atoms with van der Waals surface area (Å²) in [6.45, 7) is 3.26. The molecule has 0 radical (unpaired) electrons. The molecule has 1 saturated carbocycles. The Balaban J connectivity index is 1.61. The number of carbonyl (C=O) groups excluding carboxylic acids is 1. The molecule has 10 nitrogen and oxygen atoms in total. The van der Waals surface area contributed by atoms with Crippen LogP contribution in [0.15, 0.2) is 30.2 Å². The van der Waals surface area contributed by atoms with Crippen molar-refractivity contribution in [1.82, 2.24) is 10.3 Å². The molecule has 0 bridgehead atoms. The van der Waals surface area contributed by atoms with E-state index >= 15 is 0 Å². The first kappa shape index (κ1) is 25.9. The fraction of sp³-hybridized carbons (Fsp3) is 0.667. The van der Waals surface area contributed by atoms with Gasteiger partial charge in [-0.1, -0.05) is 19.3 Å². The van der Waals surface area contributed by atoms with E-state index in [-0.39, 0.29) is 30.0 Å². The Hall–Kier alpha value is -2.72. The number of rotatable bonds is 12. The quantitative estimate of drug-likeness (QED) is 0.237. The van der Waals surface area contributed by atoms with Crippen LogP contribution >= 0.6 is 0 Å². The second-order valence-electron chi connectivity index (χ2n) is 8.82. The standard InChI is InChI=1S/C24H36N4O6/c1-2-33-24-19(9-6-14-29)20(17-7-4-3-5-8-17)15-21(34-24)23(30)26-13-12-25-22-11-10-18(16-27-22)28(31)32/h10-11,15-17,19-20,24,29H,2-9,12-14H2,1H3,(H,25,27)(H,26,30)/t19-,20-,24-/m0/s1. The van der Waals surface area contributed by atoms with E-state index in [9.17, 15) is 20.0 Å². The Morgan fingerprint density at radius 3 is 2.74 bits per heavy atom. The van der Waals surface area contributed by atoms with Crippen molar-refractivity contribution in [1.29, 1.82) is 0 Å². The van der Waals surface area contributed by atoms with Crippen molar-refractivity contribution in [3.05, 3.63) is 40.3 Å². The van der Waals surface area contributed by atoms with Crippen LogP contribution in [0.3, 0.4) is 0 Å². The van der Waals surface area contributed by atoms with Crippen molar-refractivity contribution >= 4 is 17.4 Å². The van der Waals surface area contributed by atoms with Gasteiger partial charge < -0.3 is 25.2 Å². The second-order valence-corrected chi connectivity index (χ2v) is 8.82. The number of pyridine rings is 1. The van der Waals surface area contributed by atoms with Gasteiger partial charge in [0.1, 0.15) is 12.0 Å². The zero-order valence-corrected chi connectivity index (χ0v) is 19.8. The van der Waals surface area contributed by atoms with E-state index < -0.39 is 11.2 Å². The normalized spacial score (nSPS) is 23.0. The molecule has 188 valence electrons. The molecule has 3 rings (SSSR count). The van der Waals surface area contributed by atoms with E-state index in [0.717, 1.165) is 19.3 Å². The summed E-state index contributed by atoms with van der Waals surface area (Å²) in [6.07, 6.45) is 10.1. The van der Waals surface area contributed by atoms with Crippen molar-refractivity contribution in [2.24, 2.45) is 17.8 Å². The second kappa shape index (κ2) is 13.2. The fourth-order valence-electron chi connectivity index (χ4n) is 4.90. The molecule has 0 spiro atoms. The van der Waals surface area contributed by atoms with E-state index in [0.29, 0.717) is 43.6 Å². The number of hydrogen-bond donors (Lipinski definition) is 3. The number of nitrogens with zero attached hydrogens (tertiary/aromatic N) is 2. The Morgan fingerprint density at radius 1 is 1.29 bits per heavy atom. The minimum absolute atomic E-state index is 0.0751. The first-order chi connectivity index (χ1) is 16.5. The molecular weight excluding hydrogens is 440 g/mol. The lowest BCUT2D eigenvalue weighted by Gasteiger charge is -2.41. The van der Waals surface area contributed by atoms with E-state index in [2.05, 4.69) is 15.6 Å². The predicted molar refractivity (Wildman–Crippen MR) is 127 cm³/mol. The maximum absolute atomic E-state index is 12.9. The van der Waals surface area contributed by atoms with Crippen LogP contribution in [-0.2, 0) is 14.3 Å². The summed E-state index contributed by atoms with van der Waals surface area (Å²) in [7, 11) is 0. The van der Waals surface area contributed by atoms with E-state index in [1.165, 1.54) is 37.6 Å². The number of aliphatic hydroxyl groups is 1. The molecule has 1 aliphatic heterocycles. The van der Waals surface area contributed by atoms with Gasteiger partial charge in [0.05, 0.1) is 4.92 Å². The topological polar surface area (TPSA) is 136 Å². The minimum atomic E-state index is -0.503. The Kier molecular flexibility index (Phi) is 10.1. The Labute approximate surface area is 200 Å². The molecule has 10 heteroatoms. The third-order valence-electron chi connectivity index (χ3n) is 6.55. The highest BCUT2D eigenvalue weighted by Gasteiger charge is 2.40. The third kappa shape index (κ3) is 7.14. The van der Waals surface area contributed by atoms with E-state index in [1.54, 1.807) is 0 Å². The van der Waals surface area contributed by atoms with Gasteiger partial charge in [-0.25, -0.2) is 4.98 Å². The molecule has 2 heterocycles. The van der Waals surface area contributed by atoms with Crippen molar-refractivity contribution in [3.8, 4) is 0 Å². The Morgan fingerprint density at radius 2 is 2.09 bits per heavy atom. The minimum Gasteiger partial charge on any atom is -0.459 e. The maximum atomic E-state index is 12.9. The molecule has 3 atom stereocenters. The lowest BCUT2D eigenvalue weighted by atomic mass is 9.71. The van der Waals surface area contributed by atoms with Gasteiger partial charge in [0.2, 0.25) is 6.29 Å². The van der Waals surface area contributed by atoms with E-state index in [4.69, 9.17) is 9.47 Å². The molecule has 2 aliphatic rings. The molecule has 1 aromatic heterocycles. The number of aliphatic hydroxyl groups excluding tert-OH is 1. The number of nitrogens with one attached hydrogen (secondary N) is 2. The summed E-state index contributed by atoms with van der Waals surface area (Å²) in [6, 6.07) is 2.90. The van der Waals surface area contributed by atoms with Crippen molar-refractivity contribution in [3.63, 3.8) is 0 Å². The lowest BCUT2D eigenvalue weighted by Crippen LogP contribution is -2.42. The summed E-state index contributed by atoms with van der Waals surface area (Å²) >= 11 is 0. The first-order valence-electron chi connectivity index (χ1n) is 12.3. The largest absolute Gasteiger partial charge is 0.459 e. The number of amides is 1. The number of hydrogen-bond acceptors (Lipinski definition) is 8. The van der Waals surface area contributed by atoms with Gasteiger partial charge >= 0.3 is 0 Å². The number of aromatic nitrogens is 1. The van der Waals surface area contributed by atoms with Crippen LogP contribution in [0.4, 0.5) is 11.5 Å². The van der Waals surface area contributed by atoms with Crippen molar-refractivity contribution < 1.29 is 24.3 Å². The fourth-order valence-corrected chi connectivity index (χ4v) is 4.90. The van der Waals surface area contributed by atoms with Gasteiger partial charge in [-0.2, -0.15) is 0 Å². The molecular formula is C24H36N4O6. The van der Waals surface area contributed by atoms with Gasteiger partial charge in [0.25, 0.3) is 11.6 Å².